The third kappa shape index (κ3) is 10.5. The van der Waals surface area contributed by atoms with E-state index >= 15 is 0 Å². The van der Waals surface area contributed by atoms with Gasteiger partial charge in [0, 0.05) is 5.41 Å². The van der Waals surface area contributed by atoms with Gasteiger partial charge in [-0.25, -0.2) is 0 Å². The van der Waals surface area contributed by atoms with Crippen molar-refractivity contribution in [2.45, 2.75) is 57.8 Å². The lowest BCUT2D eigenvalue weighted by Crippen LogP contribution is -2.35. The molecule has 0 fully saturated rings. The number of ether oxygens (including phenoxy) is 4. The predicted octanol–water partition coefficient (Wildman–Crippen LogP) is 7.19. The van der Waals surface area contributed by atoms with Crippen LogP contribution in [-0.4, -0.2) is 57.8 Å². The van der Waals surface area contributed by atoms with Gasteiger partial charge in [0.15, 0.2) is 0 Å². The lowest BCUT2D eigenvalue weighted by molar-refractivity contribution is -0.145. The molecule has 3 aromatic carbocycles. The summed E-state index contributed by atoms with van der Waals surface area (Å²) in [6.07, 6.45) is 3.67. The minimum atomic E-state index is -0.432. The Morgan fingerprint density at radius 3 is 1.95 bits per heavy atom. The Kier molecular flexibility index (Phi) is 14.7. The summed E-state index contributed by atoms with van der Waals surface area (Å²) in [6.45, 7) is 8.66. The molecule has 0 aromatic heterocycles. The predicted molar refractivity (Wildman–Crippen MR) is 172 cm³/mol. The second-order valence-corrected chi connectivity index (χ2v) is 11.5. The number of hydrogen-bond donors (Lipinski definition) is 1. The fourth-order valence-electron chi connectivity index (χ4n) is 5.90. The van der Waals surface area contributed by atoms with Gasteiger partial charge in [-0.3, -0.25) is 4.79 Å². The van der Waals surface area contributed by atoms with Crippen molar-refractivity contribution in [2.24, 2.45) is 11.8 Å². The molecule has 43 heavy (non-hydrogen) atoms. The van der Waals surface area contributed by atoms with E-state index in [-0.39, 0.29) is 18.5 Å². The molecule has 0 amide bonds. The first-order valence-electron chi connectivity index (χ1n) is 15.6. The van der Waals surface area contributed by atoms with E-state index in [0.717, 1.165) is 30.6 Å². The average Bonchev–Trinajstić information content (AvgIpc) is 3.05. The Labute approximate surface area is 258 Å². The summed E-state index contributed by atoms with van der Waals surface area (Å²) in [5.74, 6) is 1.15. The molecule has 0 spiro atoms. The zero-order chi connectivity index (χ0) is 30.9. The molecule has 0 aliphatic heterocycles. The molecule has 0 saturated heterocycles. The molecule has 4 unspecified atom stereocenters. The second-order valence-electron chi connectivity index (χ2n) is 11.5. The van der Waals surface area contributed by atoms with Crippen molar-refractivity contribution in [3.05, 3.63) is 102 Å². The summed E-state index contributed by atoms with van der Waals surface area (Å²) in [6, 6.07) is 29.8. The smallest absolute Gasteiger partial charge is 0.308 e. The van der Waals surface area contributed by atoms with Crippen molar-refractivity contribution in [2.75, 3.05) is 46.8 Å². The minimum absolute atomic E-state index is 0.0110. The van der Waals surface area contributed by atoms with Crippen LogP contribution in [-0.2, 0) is 24.4 Å². The number of esters is 1. The average molecular weight is 591 g/mol. The van der Waals surface area contributed by atoms with Gasteiger partial charge in [0.1, 0.15) is 12.4 Å². The normalized spacial score (nSPS) is 14.8. The molecule has 0 aliphatic carbocycles. The molecule has 4 atom stereocenters. The molecule has 3 rings (SSSR count). The number of carbonyl (C=O) groups excluding carboxylic acids is 1. The molecule has 234 valence electrons. The van der Waals surface area contributed by atoms with Crippen molar-refractivity contribution < 1.29 is 28.8 Å². The standard InChI is InChI=1S/C37H50O6/c1-5-29(2)26-32(31-12-8-6-9-13-31)28-37(27-30(3)36(39)40-4,33-14-10-7-11-15-33)34-16-18-35(19-17-34)43-25-24-42-23-22-41-21-20-38/h6-19,29-30,32,38H,5,20-28H2,1-4H3. The molecule has 0 saturated carbocycles. The molecular weight excluding hydrogens is 540 g/mol. The first-order valence-corrected chi connectivity index (χ1v) is 15.6. The highest BCUT2D eigenvalue weighted by Crippen LogP contribution is 2.47. The molecule has 6 heteroatoms. The van der Waals surface area contributed by atoms with E-state index in [0.29, 0.717) is 51.3 Å². The highest BCUT2D eigenvalue weighted by atomic mass is 16.5. The zero-order valence-corrected chi connectivity index (χ0v) is 26.4. The van der Waals surface area contributed by atoms with Gasteiger partial charge in [0.25, 0.3) is 0 Å². The molecule has 1 N–H and O–H groups in total. The molecular formula is C37H50O6. The summed E-state index contributed by atoms with van der Waals surface area (Å²) in [5, 5.41) is 8.78. The van der Waals surface area contributed by atoms with Gasteiger partial charge < -0.3 is 24.1 Å². The van der Waals surface area contributed by atoms with Gasteiger partial charge in [-0.1, -0.05) is 100.0 Å². The molecule has 0 bridgehead atoms. The van der Waals surface area contributed by atoms with Crippen LogP contribution in [0.4, 0.5) is 0 Å². The van der Waals surface area contributed by atoms with Crippen molar-refractivity contribution in [3.8, 4) is 5.75 Å². The van der Waals surface area contributed by atoms with Crippen LogP contribution in [0.15, 0.2) is 84.9 Å². The molecule has 3 aromatic rings. The Balaban J connectivity index is 1.95. The topological polar surface area (TPSA) is 74.2 Å². The SMILES string of the molecule is CCC(C)CC(CC(CC(C)C(=O)OC)(c1ccccc1)c1ccc(OCCOCCOCCO)cc1)c1ccccc1. The van der Waals surface area contributed by atoms with E-state index < -0.39 is 5.41 Å². The molecule has 0 heterocycles. The Hall–Kier alpha value is -3.19. The lowest BCUT2D eigenvalue weighted by atomic mass is 9.63. The summed E-state index contributed by atoms with van der Waals surface area (Å²) >= 11 is 0. The Morgan fingerprint density at radius 1 is 0.767 bits per heavy atom. The van der Waals surface area contributed by atoms with Crippen molar-refractivity contribution in [1.29, 1.82) is 0 Å². The Morgan fingerprint density at radius 2 is 1.35 bits per heavy atom. The van der Waals surface area contributed by atoms with E-state index in [1.807, 2.05) is 25.1 Å². The van der Waals surface area contributed by atoms with Gasteiger partial charge in [-0.05, 0) is 59.9 Å². The maximum atomic E-state index is 12.9. The number of carbonyl (C=O) groups is 1. The largest absolute Gasteiger partial charge is 0.491 e. The summed E-state index contributed by atoms with van der Waals surface area (Å²) in [7, 11) is 1.47. The fraction of sp³-hybridized carbons (Fsp3) is 0.486. The van der Waals surface area contributed by atoms with Gasteiger partial charge >= 0.3 is 5.97 Å². The van der Waals surface area contributed by atoms with Gasteiger partial charge in [0.05, 0.1) is 46.1 Å². The summed E-state index contributed by atoms with van der Waals surface area (Å²) < 4.78 is 22.0. The van der Waals surface area contributed by atoms with E-state index in [1.165, 1.54) is 18.2 Å². The highest BCUT2D eigenvalue weighted by Gasteiger charge is 2.40. The van der Waals surface area contributed by atoms with Gasteiger partial charge in [-0.15, -0.1) is 0 Å². The molecule has 6 nitrogen and oxygen atoms in total. The zero-order valence-electron chi connectivity index (χ0n) is 26.4. The minimum Gasteiger partial charge on any atom is -0.491 e. The molecule has 0 aliphatic rings. The third-order valence-electron chi connectivity index (χ3n) is 8.35. The van der Waals surface area contributed by atoms with Crippen LogP contribution in [0.2, 0.25) is 0 Å². The van der Waals surface area contributed by atoms with E-state index in [9.17, 15) is 4.79 Å². The third-order valence-corrected chi connectivity index (χ3v) is 8.35. The number of aliphatic hydroxyl groups is 1. The van der Waals surface area contributed by atoms with E-state index in [1.54, 1.807) is 0 Å². The maximum absolute atomic E-state index is 12.9. The van der Waals surface area contributed by atoms with Crippen LogP contribution in [0, 0.1) is 11.8 Å². The van der Waals surface area contributed by atoms with Crippen LogP contribution in [0.1, 0.15) is 69.1 Å². The lowest BCUT2D eigenvalue weighted by Gasteiger charge is -2.40. The van der Waals surface area contributed by atoms with E-state index in [4.69, 9.17) is 24.1 Å². The molecule has 0 radical (unpaired) electrons. The van der Waals surface area contributed by atoms with Crippen LogP contribution in [0.25, 0.3) is 0 Å². The Bertz CT molecular complexity index is 1170. The monoisotopic (exact) mass is 590 g/mol. The number of hydrogen-bond acceptors (Lipinski definition) is 6. The number of benzene rings is 3. The van der Waals surface area contributed by atoms with Crippen molar-refractivity contribution in [1.82, 2.24) is 0 Å². The quantitative estimate of drug-likeness (QED) is 0.111. The van der Waals surface area contributed by atoms with Crippen molar-refractivity contribution in [3.63, 3.8) is 0 Å². The van der Waals surface area contributed by atoms with Crippen LogP contribution < -0.4 is 4.74 Å². The van der Waals surface area contributed by atoms with Crippen LogP contribution in [0.3, 0.4) is 0 Å². The fourth-order valence-corrected chi connectivity index (χ4v) is 5.90. The summed E-state index contributed by atoms with van der Waals surface area (Å²) in [4.78, 5) is 12.9. The van der Waals surface area contributed by atoms with Gasteiger partial charge in [-0.2, -0.15) is 0 Å². The number of methoxy groups -OCH3 is 1. The van der Waals surface area contributed by atoms with Crippen LogP contribution in [0.5, 0.6) is 5.75 Å². The second kappa shape index (κ2) is 18.5. The van der Waals surface area contributed by atoms with Crippen molar-refractivity contribution >= 4 is 5.97 Å². The maximum Gasteiger partial charge on any atom is 0.308 e. The first-order chi connectivity index (χ1) is 20.9. The number of rotatable bonds is 20. The first kappa shape index (κ1) is 34.3. The number of aliphatic hydroxyl groups excluding tert-OH is 1. The summed E-state index contributed by atoms with van der Waals surface area (Å²) in [5.41, 5.74) is 3.25. The van der Waals surface area contributed by atoms with Gasteiger partial charge in [0.2, 0.25) is 0 Å². The van der Waals surface area contributed by atoms with Crippen LogP contribution >= 0.6 is 0 Å². The van der Waals surface area contributed by atoms with E-state index in [2.05, 4.69) is 80.6 Å². The highest BCUT2D eigenvalue weighted by molar-refractivity contribution is 5.72.